The molecule has 1 aromatic carbocycles. The second kappa shape index (κ2) is 9.36. The largest absolute Gasteiger partial charge is 0.377 e. The van der Waals surface area contributed by atoms with Crippen LogP contribution in [0.15, 0.2) is 54.9 Å². The highest BCUT2D eigenvalue weighted by Crippen LogP contribution is 2.38. The highest BCUT2D eigenvalue weighted by Gasteiger charge is 2.25. The maximum absolute atomic E-state index is 15.0. The predicted octanol–water partition coefficient (Wildman–Crippen LogP) is 5.22. The molecule has 0 N–H and O–H groups in total. The number of hydrogen-bond acceptors (Lipinski definition) is 6. The van der Waals surface area contributed by atoms with E-state index < -0.39 is 0 Å². The van der Waals surface area contributed by atoms with Crippen molar-refractivity contribution in [2.24, 2.45) is 0 Å². The number of anilines is 1. The average molecular weight is 474 g/mol. The van der Waals surface area contributed by atoms with Gasteiger partial charge in [-0.25, -0.2) is 14.1 Å². The minimum absolute atomic E-state index is 0.126. The van der Waals surface area contributed by atoms with E-state index in [2.05, 4.69) is 16.9 Å². The molecule has 3 aromatic heterocycles. The molecule has 0 spiro atoms. The second-order valence-corrected chi connectivity index (χ2v) is 9.16. The molecule has 5 heterocycles. The van der Waals surface area contributed by atoms with Gasteiger partial charge in [0.05, 0.1) is 24.9 Å². The summed E-state index contributed by atoms with van der Waals surface area (Å²) in [5, 5.41) is 5.43. The van der Waals surface area contributed by atoms with E-state index in [1.54, 1.807) is 18.5 Å². The molecule has 0 radical (unpaired) electrons. The van der Waals surface area contributed by atoms with Gasteiger partial charge in [-0.1, -0.05) is 18.2 Å². The van der Waals surface area contributed by atoms with Crippen LogP contribution < -0.4 is 4.90 Å². The van der Waals surface area contributed by atoms with Gasteiger partial charge >= 0.3 is 0 Å². The van der Waals surface area contributed by atoms with E-state index in [0.717, 1.165) is 66.1 Å². The van der Waals surface area contributed by atoms with Gasteiger partial charge in [0, 0.05) is 36.5 Å². The molecule has 0 bridgehead atoms. The summed E-state index contributed by atoms with van der Waals surface area (Å²) < 4.78 is 28.6. The van der Waals surface area contributed by atoms with Crippen LogP contribution in [0, 0.1) is 5.82 Å². The number of morpholine rings is 1. The first kappa shape index (κ1) is 22.1. The standard InChI is InChI=1S/C27H28FN5O2/c1-18-17-34-15-13-32(18)24-16-21(19-6-2-3-7-22(19)28)20-9-11-29-27(26(20)31-24)23-10-12-30-33(23)25-8-4-5-14-35-25/h2-3,6-7,9-12,16,18,25H,4-5,8,13-15,17H2,1H3. The fraction of sp³-hybridized carbons (Fsp3) is 0.370. The van der Waals surface area contributed by atoms with Crippen molar-refractivity contribution < 1.29 is 13.9 Å². The second-order valence-electron chi connectivity index (χ2n) is 9.16. The zero-order valence-electron chi connectivity index (χ0n) is 19.7. The molecule has 2 saturated heterocycles. The lowest BCUT2D eigenvalue weighted by molar-refractivity contribution is -0.0383. The maximum atomic E-state index is 15.0. The van der Waals surface area contributed by atoms with Gasteiger partial charge in [0.1, 0.15) is 22.8 Å². The molecule has 7 nitrogen and oxygen atoms in total. The first-order valence-corrected chi connectivity index (χ1v) is 12.3. The first-order chi connectivity index (χ1) is 17.2. The van der Waals surface area contributed by atoms with Crippen molar-refractivity contribution in [1.82, 2.24) is 19.7 Å². The Morgan fingerprint density at radius 3 is 2.77 bits per heavy atom. The van der Waals surface area contributed by atoms with E-state index in [1.807, 2.05) is 35.0 Å². The maximum Gasteiger partial charge on any atom is 0.150 e. The van der Waals surface area contributed by atoms with Crippen LogP contribution in [0.5, 0.6) is 0 Å². The number of halogens is 1. The molecule has 2 aliphatic heterocycles. The lowest BCUT2D eigenvalue weighted by Crippen LogP contribution is -2.44. The molecular formula is C27H28FN5O2. The summed E-state index contributed by atoms with van der Waals surface area (Å²) in [5.41, 5.74) is 3.63. The van der Waals surface area contributed by atoms with Crippen molar-refractivity contribution in [3.05, 3.63) is 60.7 Å². The summed E-state index contributed by atoms with van der Waals surface area (Å²) in [4.78, 5) is 12.1. The molecular weight excluding hydrogens is 445 g/mol. The minimum atomic E-state index is -0.264. The van der Waals surface area contributed by atoms with Gasteiger partial charge in [0.15, 0.2) is 6.23 Å². The molecule has 0 saturated carbocycles. The average Bonchev–Trinajstić information content (AvgIpc) is 3.39. The van der Waals surface area contributed by atoms with Crippen LogP contribution >= 0.6 is 0 Å². The van der Waals surface area contributed by atoms with Gasteiger partial charge in [0.25, 0.3) is 0 Å². The Hall–Kier alpha value is -3.36. The van der Waals surface area contributed by atoms with Gasteiger partial charge in [-0.2, -0.15) is 5.10 Å². The molecule has 180 valence electrons. The van der Waals surface area contributed by atoms with Crippen LogP contribution in [0.2, 0.25) is 0 Å². The molecule has 6 rings (SSSR count). The molecule has 0 amide bonds. The summed E-state index contributed by atoms with van der Waals surface area (Å²) in [6.45, 7) is 4.82. The number of aromatic nitrogens is 4. The number of benzene rings is 1. The molecule has 2 atom stereocenters. The van der Waals surface area contributed by atoms with Gasteiger partial charge < -0.3 is 14.4 Å². The van der Waals surface area contributed by atoms with Gasteiger partial charge in [-0.3, -0.25) is 4.98 Å². The summed E-state index contributed by atoms with van der Waals surface area (Å²) in [6, 6.07) is 12.9. The Morgan fingerprint density at radius 1 is 1.03 bits per heavy atom. The zero-order valence-corrected chi connectivity index (χ0v) is 19.7. The number of pyridine rings is 2. The quantitative estimate of drug-likeness (QED) is 0.405. The van der Waals surface area contributed by atoms with Crippen LogP contribution in [0.25, 0.3) is 33.4 Å². The topological polar surface area (TPSA) is 65.3 Å². The van der Waals surface area contributed by atoms with Gasteiger partial charge in [-0.15, -0.1) is 0 Å². The summed E-state index contributed by atoms with van der Waals surface area (Å²) in [7, 11) is 0. The van der Waals surface area contributed by atoms with Crippen LogP contribution in [0.4, 0.5) is 10.2 Å². The van der Waals surface area contributed by atoms with Crippen LogP contribution in [-0.4, -0.2) is 52.2 Å². The van der Waals surface area contributed by atoms with E-state index in [9.17, 15) is 0 Å². The molecule has 4 aromatic rings. The lowest BCUT2D eigenvalue weighted by atomic mass is 9.99. The molecule has 0 aliphatic carbocycles. The third kappa shape index (κ3) is 4.06. The zero-order chi connectivity index (χ0) is 23.8. The molecule has 35 heavy (non-hydrogen) atoms. The molecule has 2 aliphatic rings. The number of nitrogens with zero attached hydrogens (tertiary/aromatic N) is 5. The fourth-order valence-electron chi connectivity index (χ4n) is 5.09. The predicted molar refractivity (Wildman–Crippen MR) is 133 cm³/mol. The highest BCUT2D eigenvalue weighted by atomic mass is 19.1. The Balaban J connectivity index is 1.58. The monoisotopic (exact) mass is 473 g/mol. The van der Waals surface area contributed by atoms with Crippen molar-refractivity contribution >= 4 is 16.7 Å². The number of hydrogen-bond donors (Lipinski definition) is 0. The highest BCUT2D eigenvalue weighted by molar-refractivity contribution is 6.01. The minimum Gasteiger partial charge on any atom is -0.377 e. The molecule has 8 heteroatoms. The summed E-state index contributed by atoms with van der Waals surface area (Å²) in [6.07, 6.45) is 6.48. The van der Waals surface area contributed by atoms with Crippen LogP contribution in [-0.2, 0) is 9.47 Å². The molecule has 2 fully saturated rings. The van der Waals surface area contributed by atoms with Crippen molar-refractivity contribution in [3.8, 4) is 22.5 Å². The summed E-state index contributed by atoms with van der Waals surface area (Å²) in [5.74, 6) is 0.528. The summed E-state index contributed by atoms with van der Waals surface area (Å²) >= 11 is 0. The van der Waals surface area contributed by atoms with E-state index in [1.165, 1.54) is 6.07 Å². The normalized spacial score (nSPS) is 20.9. The fourth-order valence-corrected chi connectivity index (χ4v) is 5.09. The Kier molecular flexibility index (Phi) is 5.91. The van der Waals surface area contributed by atoms with E-state index in [4.69, 9.17) is 19.4 Å². The molecule has 2 unspecified atom stereocenters. The Bertz CT molecular complexity index is 1350. The van der Waals surface area contributed by atoms with Gasteiger partial charge in [-0.05, 0) is 56.0 Å². The van der Waals surface area contributed by atoms with Gasteiger partial charge in [0.2, 0.25) is 0 Å². The van der Waals surface area contributed by atoms with E-state index in [0.29, 0.717) is 18.8 Å². The lowest BCUT2D eigenvalue weighted by Gasteiger charge is -2.34. The third-order valence-corrected chi connectivity index (χ3v) is 6.88. The first-order valence-electron chi connectivity index (χ1n) is 12.3. The van der Waals surface area contributed by atoms with Crippen molar-refractivity contribution in [2.45, 2.75) is 38.5 Å². The smallest absolute Gasteiger partial charge is 0.150 e. The van der Waals surface area contributed by atoms with Crippen molar-refractivity contribution in [2.75, 3.05) is 31.3 Å². The number of fused-ring (bicyclic) bond motifs is 1. The van der Waals surface area contributed by atoms with Crippen molar-refractivity contribution in [3.63, 3.8) is 0 Å². The van der Waals surface area contributed by atoms with E-state index in [-0.39, 0.29) is 18.1 Å². The van der Waals surface area contributed by atoms with E-state index >= 15 is 4.39 Å². The number of rotatable bonds is 4. The van der Waals surface area contributed by atoms with Crippen LogP contribution in [0.3, 0.4) is 0 Å². The van der Waals surface area contributed by atoms with Crippen molar-refractivity contribution in [1.29, 1.82) is 0 Å². The Labute approximate surface area is 203 Å². The SMILES string of the molecule is CC1COCCN1c1cc(-c2ccccc2F)c2ccnc(-c3ccnn3C3CCCCO3)c2n1. The van der Waals surface area contributed by atoms with Crippen LogP contribution in [0.1, 0.15) is 32.4 Å². The Morgan fingerprint density at radius 2 is 1.94 bits per heavy atom. The number of ether oxygens (including phenoxy) is 2. The third-order valence-electron chi connectivity index (χ3n) is 6.88.